The predicted molar refractivity (Wildman–Crippen MR) is 102 cm³/mol. The molecule has 1 aliphatic rings. The van der Waals surface area contributed by atoms with Gasteiger partial charge in [-0.05, 0) is 41.8 Å². The molecule has 1 atom stereocenters. The molecule has 0 aromatic heterocycles. The van der Waals surface area contributed by atoms with E-state index in [1.807, 2.05) is 36.4 Å². The normalized spacial score (nSPS) is 16.2. The maximum Gasteiger partial charge on any atom is 0.319 e. The Bertz CT molecular complexity index is 762. The summed E-state index contributed by atoms with van der Waals surface area (Å²) in [6.07, 6.45) is 0.812. The van der Waals surface area contributed by atoms with Crippen LogP contribution >= 0.6 is 11.6 Å². The first-order valence-corrected chi connectivity index (χ1v) is 8.87. The smallest absolute Gasteiger partial charge is 0.319 e. The summed E-state index contributed by atoms with van der Waals surface area (Å²) in [5.74, 6) is 0.0562. The summed E-state index contributed by atoms with van der Waals surface area (Å²) < 4.78 is 0. The highest BCUT2D eigenvalue weighted by Crippen LogP contribution is 2.11. The highest BCUT2D eigenvalue weighted by molar-refractivity contribution is 6.30. The number of anilines is 1. The summed E-state index contributed by atoms with van der Waals surface area (Å²) in [4.78, 5) is 23.5. The molecule has 4 N–H and O–H groups in total. The maximum atomic E-state index is 12.0. The monoisotopic (exact) mass is 372 g/mol. The Morgan fingerprint density at radius 3 is 2.35 bits per heavy atom. The molecule has 0 radical (unpaired) electrons. The summed E-state index contributed by atoms with van der Waals surface area (Å²) in [6, 6.07) is 14.5. The van der Waals surface area contributed by atoms with Crippen molar-refractivity contribution in [3.8, 4) is 0 Å². The number of rotatable bonds is 6. The van der Waals surface area contributed by atoms with Gasteiger partial charge in [0.25, 0.3) is 0 Å². The molecule has 3 rings (SSSR count). The quantitative estimate of drug-likeness (QED) is 0.629. The van der Waals surface area contributed by atoms with Crippen molar-refractivity contribution in [2.45, 2.75) is 25.6 Å². The highest BCUT2D eigenvalue weighted by Gasteiger charge is 2.22. The third-order valence-corrected chi connectivity index (χ3v) is 4.43. The van der Waals surface area contributed by atoms with Crippen LogP contribution in [0.1, 0.15) is 17.5 Å². The lowest BCUT2D eigenvalue weighted by Crippen LogP contribution is -2.35. The van der Waals surface area contributed by atoms with Crippen LogP contribution in [0.4, 0.5) is 10.5 Å². The molecule has 2 aromatic rings. The van der Waals surface area contributed by atoms with E-state index in [2.05, 4.69) is 21.3 Å². The summed E-state index contributed by atoms with van der Waals surface area (Å²) in [5.41, 5.74) is 2.74. The van der Waals surface area contributed by atoms with Gasteiger partial charge in [-0.1, -0.05) is 35.9 Å². The van der Waals surface area contributed by atoms with Crippen LogP contribution in [0.3, 0.4) is 0 Å². The first-order valence-electron chi connectivity index (χ1n) is 8.49. The van der Waals surface area contributed by atoms with Crippen molar-refractivity contribution in [3.05, 3.63) is 64.7 Å². The van der Waals surface area contributed by atoms with Crippen molar-refractivity contribution in [3.63, 3.8) is 0 Å². The van der Waals surface area contributed by atoms with Crippen LogP contribution in [-0.4, -0.2) is 24.5 Å². The molecule has 136 valence electrons. The molecule has 1 aliphatic heterocycles. The highest BCUT2D eigenvalue weighted by atomic mass is 35.5. The number of benzene rings is 2. The number of hydrogen-bond donors (Lipinski definition) is 4. The fourth-order valence-electron chi connectivity index (χ4n) is 2.70. The second kappa shape index (κ2) is 8.69. The third-order valence-electron chi connectivity index (χ3n) is 4.18. The standard InChI is InChI=1S/C19H21ClN4O2/c20-15-5-1-13(2-6-15)12-23-19(26)24-16-7-3-14(4-8-16)11-22-17-9-10-21-18(17)25/h1-8,17,22H,9-12H2,(H,21,25)(H2,23,24,26). The van der Waals surface area contributed by atoms with Gasteiger partial charge in [0.05, 0.1) is 6.04 Å². The Morgan fingerprint density at radius 2 is 1.69 bits per heavy atom. The zero-order valence-electron chi connectivity index (χ0n) is 14.2. The van der Waals surface area contributed by atoms with E-state index in [9.17, 15) is 9.59 Å². The molecule has 2 aromatic carbocycles. The minimum atomic E-state index is -0.270. The average Bonchev–Trinajstić information content (AvgIpc) is 3.06. The minimum absolute atomic E-state index is 0.0562. The molecule has 26 heavy (non-hydrogen) atoms. The lowest BCUT2D eigenvalue weighted by Gasteiger charge is -2.11. The number of amides is 3. The van der Waals surface area contributed by atoms with Crippen LogP contribution in [0.15, 0.2) is 48.5 Å². The van der Waals surface area contributed by atoms with Crippen molar-refractivity contribution in [1.29, 1.82) is 0 Å². The largest absolute Gasteiger partial charge is 0.355 e. The zero-order valence-corrected chi connectivity index (χ0v) is 15.0. The van der Waals surface area contributed by atoms with E-state index < -0.39 is 0 Å². The van der Waals surface area contributed by atoms with Gasteiger partial charge in [0.2, 0.25) is 5.91 Å². The van der Waals surface area contributed by atoms with Gasteiger partial charge in [-0.3, -0.25) is 4.79 Å². The number of carbonyl (C=O) groups is 2. The van der Waals surface area contributed by atoms with Crippen LogP contribution in [0.5, 0.6) is 0 Å². The van der Waals surface area contributed by atoms with Crippen LogP contribution in [0.25, 0.3) is 0 Å². The van der Waals surface area contributed by atoms with Gasteiger partial charge in [0.1, 0.15) is 0 Å². The van der Waals surface area contributed by atoms with E-state index >= 15 is 0 Å². The van der Waals surface area contributed by atoms with Crippen LogP contribution in [0, 0.1) is 0 Å². The lowest BCUT2D eigenvalue weighted by atomic mass is 10.2. The molecule has 1 unspecified atom stereocenters. The summed E-state index contributed by atoms with van der Waals surface area (Å²) >= 11 is 5.84. The summed E-state index contributed by atoms with van der Waals surface area (Å²) in [7, 11) is 0. The minimum Gasteiger partial charge on any atom is -0.355 e. The Balaban J connectivity index is 1.43. The number of carbonyl (C=O) groups excluding carboxylic acids is 2. The summed E-state index contributed by atoms with van der Waals surface area (Å²) in [5, 5.41) is 12.3. The molecular formula is C19H21ClN4O2. The first kappa shape index (κ1) is 18.2. The Morgan fingerprint density at radius 1 is 1.04 bits per heavy atom. The molecule has 0 bridgehead atoms. The summed E-state index contributed by atoms with van der Waals surface area (Å²) in [6.45, 7) is 1.76. The van der Waals surface area contributed by atoms with Crippen LogP contribution in [0.2, 0.25) is 5.02 Å². The van der Waals surface area contributed by atoms with Gasteiger partial charge in [-0.15, -0.1) is 0 Å². The maximum absolute atomic E-state index is 12.0. The van der Waals surface area contributed by atoms with E-state index in [4.69, 9.17) is 11.6 Å². The zero-order chi connectivity index (χ0) is 18.4. The number of nitrogens with one attached hydrogen (secondary N) is 4. The van der Waals surface area contributed by atoms with Crippen molar-refractivity contribution in [2.24, 2.45) is 0 Å². The molecule has 1 fully saturated rings. The number of halogens is 1. The Hall–Kier alpha value is -2.57. The molecule has 3 amide bonds. The fourth-order valence-corrected chi connectivity index (χ4v) is 2.82. The second-order valence-electron chi connectivity index (χ2n) is 6.14. The van der Waals surface area contributed by atoms with Crippen molar-refractivity contribution in [1.82, 2.24) is 16.0 Å². The van der Waals surface area contributed by atoms with E-state index in [1.54, 1.807) is 12.1 Å². The first-order chi connectivity index (χ1) is 12.6. The topological polar surface area (TPSA) is 82.3 Å². The van der Waals surface area contributed by atoms with Crippen molar-refractivity contribution >= 4 is 29.2 Å². The van der Waals surface area contributed by atoms with Gasteiger partial charge in [0.15, 0.2) is 0 Å². The molecule has 0 aliphatic carbocycles. The molecule has 1 heterocycles. The van der Waals surface area contributed by atoms with E-state index in [0.717, 1.165) is 24.1 Å². The van der Waals surface area contributed by atoms with Crippen molar-refractivity contribution < 1.29 is 9.59 Å². The van der Waals surface area contributed by atoms with Gasteiger partial charge >= 0.3 is 6.03 Å². The third kappa shape index (κ3) is 5.21. The van der Waals surface area contributed by atoms with E-state index in [-0.39, 0.29) is 18.0 Å². The average molecular weight is 373 g/mol. The SMILES string of the molecule is O=C(NCc1ccc(Cl)cc1)Nc1ccc(CNC2CCNC2=O)cc1. The van der Waals surface area contributed by atoms with Crippen LogP contribution in [-0.2, 0) is 17.9 Å². The van der Waals surface area contributed by atoms with Gasteiger partial charge in [0, 0.05) is 30.3 Å². The Labute approximate surface area is 157 Å². The van der Waals surface area contributed by atoms with Crippen molar-refractivity contribution in [2.75, 3.05) is 11.9 Å². The molecular weight excluding hydrogens is 352 g/mol. The molecule has 1 saturated heterocycles. The number of hydrogen-bond acceptors (Lipinski definition) is 3. The molecule has 0 spiro atoms. The molecule has 7 heteroatoms. The van der Waals surface area contributed by atoms with Gasteiger partial charge < -0.3 is 21.3 Å². The second-order valence-corrected chi connectivity index (χ2v) is 6.58. The van der Waals surface area contributed by atoms with E-state index in [0.29, 0.717) is 23.8 Å². The van der Waals surface area contributed by atoms with Crippen LogP contribution < -0.4 is 21.3 Å². The molecule has 6 nitrogen and oxygen atoms in total. The van der Waals surface area contributed by atoms with Gasteiger partial charge in [-0.2, -0.15) is 0 Å². The lowest BCUT2D eigenvalue weighted by molar-refractivity contribution is -0.120. The van der Waals surface area contributed by atoms with Gasteiger partial charge in [-0.25, -0.2) is 4.79 Å². The molecule has 0 saturated carbocycles. The predicted octanol–water partition coefficient (Wildman–Crippen LogP) is 2.64. The van der Waals surface area contributed by atoms with E-state index in [1.165, 1.54) is 0 Å². The Kier molecular flexibility index (Phi) is 6.09. The fraction of sp³-hybridized carbons (Fsp3) is 0.263. The number of urea groups is 1.